The van der Waals surface area contributed by atoms with Gasteiger partial charge in [0.15, 0.2) is 0 Å². The van der Waals surface area contributed by atoms with Crippen LogP contribution >= 0.6 is 0 Å². The Bertz CT molecular complexity index is 676. The molecule has 2 nitrogen and oxygen atoms in total. The van der Waals surface area contributed by atoms with Crippen LogP contribution in [0.1, 0.15) is 5.56 Å². The summed E-state index contributed by atoms with van der Waals surface area (Å²) in [5, 5.41) is 8.98. The minimum atomic E-state index is 0.362. The molecule has 1 aromatic carbocycles. The number of nitrogens with zero attached hydrogens (tertiary/aromatic N) is 1. The summed E-state index contributed by atoms with van der Waals surface area (Å²) in [6, 6.07) is 18.3. The molecule has 0 N–H and O–H groups in total. The third kappa shape index (κ3) is 1.66. The summed E-state index contributed by atoms with van der Waals surface area (Å²) in [5.74, 6) is 0.818. The SMILES string of the molecule is N#CCc1c(-c2ccccc2)cc2cccoc1-2. The quantitative estimate of drug-likeness (QED) is 0.667. The first-order valence-electron chi connectivity index (χ1n) is 5.81. The molecule has 0 spiro atoms. The fourth-order valence-electron chi connectivity index (χ4n) is 2.25. The normalized spacial score (nSPS) is 10.4. The van der Waals surface area contributed by atoms with Gasteiger partial charge in [0.2, 0.25) is 0 Å². The van der Waals surface area contributed by atoms with Crippen LogP contribution < -0.4 is 0 Å². The van der Waals surface area contributed by atoms with Gasteiger partial charge >= 0.3 is 0 Å². The number of rotatable bonds is 2. The predicted octanol–water partition coefficient (Wildman–Crippen LogP) is 4.12. The van der Waals surface area contributed by atoms with Crippen LogP contribution in [0.15, 0.2) is 59.2 Å². The van der Waals surface area contributed by atoms with Crippen molar-refractivity contribution in [3.63, 3.8) is 0 Å². The van der Waals surface area contributed by atoms with E-state index in [-0.39, 0.29) is 0 Å². The maximum Gasteiger partial charge on any atom is 0.138 e. The molecule has 0 saturated carbocycles. The van der Waals surface area contributed by atoms with Crippen molar-refractivity contribution in [2.24, 2.45) is 0 Å². The zero-order valence-corrected chi connectivity index (χ0v) is 9.76. The number of fused-ring (bicyclic) bond motifs is 1. The Morgan fingerprint density at radius 2 is 1.78 bits per heavy atom. The van der Waals surface area contributed by atoms with E-state index < -0.39 is 0 Å². The Balaban J connectivity index is 2.26. The molecular weight excluding hydrogens is 222 g/mol. The van der Waals surface area contributed by atoms with Crippen LogP contribution in [0.5, 0.6) is 0 Å². The number of hydrogen-bond donors (Lipinski definition) is 0. The van der Waals surface area contributed by atoms with Gasteiger partial charge in [-0.05, 0) is 29.3 Å². The van der Waals surface area contributed by atoms with Crippen molar-refractivity contribution in [2.45, 2.75) is 6.42 Å². The molecule has 1 heterocycles. The van der Waals surface area contributed by atoms with Gasteiger partial charge in [-0.15, -0.1) is 0 Å². The van der Waals surface area contributed by atoms with E-state index in [2.05, 4.69) is 24.3 Å². The second kappa shape index (κ2) is 4.38. The van der Waals surface area contributed by atoms with Crippen molar-refractivity contribution >= 4 is 0 Å². The number of benzene rings is 1. The largest absolute Gasteiger partial charge is 0.464 e. The lowest BCUT2D eigenvalue weighted by Gasteiger charge is -2.02. The zero-order chi connectivity index (χ0) is 12.4. The summed E-state index contributed by atoms with van der Waals surface area (Å²) >= 11 is 0. The highest BCUT2D eigenvalue weighted by Crippen LogP contribution is 2.37. The summed E-state index contributed by atoms with van der Waals surface area (Å²) < 4.78 is 5.55. The van der Waals surface area contributed by atoms with Gasteiger partial charge in [0.05, 0.1) is 18.8 Å². The van der Waals surface area contributed by atoms with Gasteiger partial charge in [0.25, 0.3) is 0 Å². The van der Waals surface area contributed by atoms with Gasteiger partial charge in [0, 0.05) is 11.1 Å². The summed E-state index contributed by atoms with van der Waals surface area (Å²) in [6.07, 6.45) is 2.01. The molecule has 86 valence electrons. The van der Waals surface area contributed by atoms with Gasteiger partial charge in [0.1, 0.15) is 5.76 Å². The molecule has 0 atom stereocenters. The minimum absolute atomic E-state index is 0.362. The molecule has 0 amide bonds. The van der Waals surface area contributed by atoms with E-state index in [1.165, 1.54) is 0 Å². The Hall–Kier alpha value is -2.53. The van der Waals surface area contributed by atoms with Gasteiger partial charge in [-0.3, -0.25) is 0 Å². The van der Waals surface area contributed by atoms with Gasteiger partial charge in [-0.25, -0.2) is 0 Å². The molecule has 0 aromatic heterocycles. The Morgan fingerprint density at radius 3 is 2.56 bits per heavy atom. The van der Waals surface area contributed by atoms with E-state index in [0.29, 0.717) is 6.42 Å². The monoisotopic (exact) mass is 233 g/mol. The van der Waals surface area contributed by atoms with E-state index >= 15 is 0 Å². The molecule has 0 unspecified atom stereocenters. The molecule has 2 aliphatic rings. The second-order valence-corrected chi connectivity index (χ2v) is 4.13. The third-order valence-electron chi connectivity index (χ3n) is 3.04. The van der Waals surface area contributed by atoms with E-state index in [0.717, 1.165) is 28.0 Å². The molecule has 18 heavy (non-hydrogen) atoms. The number of hydrogen-bond acceptors (Lipinski definition) is 2. The zero-order valence-electron chi connectivity index (χ0n) is 9.76. The van der Waals surface area contributed by atoms with Crippen molar-refractivity contribution in [1.82, 2.24) is 0 Å². The van der Waals surface area contributed by atoms with Gasteiger partial charge in [-0.2, -0.15) is 5.26 Å². The highest BCUT2D eigenvalue weighted by Gasteiger charge is 2.18. The third-order valence-corrected chi connectivity index (χ3v) is 3.04. The molecule has 0 radical (unpaired) electrons. The van der Waals surface area contributed by atoms with Crippen molar-refractivity contribution < 1.29 is 4.42 Å². The van der Waals surface area contributed by atoms with E-state index in [1.807, 2.05) is 30.3 Å². The lowest BCUT2D eigenvalue weighted by Crippen LogP contribution is -1.85. The molecule has 3 rings (SSSR count). The Kier molecular flexibility index (Phi) is 2.59. The van der Waals surface area contributed by atoms with E-state index in [9.17, 15) is 0 Å². The first kappa shape index (κ1) is 10.6. The van der Waals surface area contributed by atoms with Crippen LogP contribution in [0.2, 0.25) is 0 Å². The maximum atomic E-state index is 8.98. The number of nitriles is 1. The molecule has 1 aliphatic heterocycles. The average Bonchev–Trinajstić information content (AvgIpc) is 2.80. The van der Waals surface area contributed by atoms with Crippen molar-refractivity contribution in [2.75, 3.05) is 0 Å². The molecular formula is C16H11NO. The summed E-state index contributed by atoms with van der Waals surface area (Å²) in [4.78, 5) is 0. The predicted molar refractivity (Wildman–Crippen MR) is 70.1 cm³/mol. The molecule has 1 aromatic rings. The van der Waals surface area contributed by atoms with Gasteiger partial charge < -0.3 is 4.42 Å². The fraction of sp³-hybridized carbons (Fsp3) is 0.0625. The smallest absolute Gasteiger partial charge is 0.138 e. The first-order chi connectivity index (χ1) is 8.90. The van der Waals surface area contributed by atoms with Crippen LogP contribution in [-0.2, 0) is 6.42 Å². The molecule has 0 bridgehead atoms. The topological polar surface area (TPSA) is 36.9 Å². The summed E-state index contributed by atoms with van der Waals surface area (Å²) in [7, 11) is 0. The van der Waals surface area contributed by atoms with Gasteiger partial charge in [-0.1, -0.05) is 30.3 Å². The fourth-order valence-corrected chi connectivity index (χ4v) is 2.25. The Morgan fingerprint density at radius 1 is 1.00 bits per heavy atom. The van der Waals surface area contributed by atoms with Crippen LogP contribution in [0.25, 0.3) is 22.5 Å². The Labute approximate surface area is 105 Å². The second-order valence-electron chi connectivity index (χ2n) is 4.13. The van der Waals surface area contributed by atoms with Crippen LogP contribution in [0.3, 0.4) is 0 Å². The van der Waals surface area contributed by atoms with E-state index in [4.69, 9.17) is 9.68 Å². The lowest BCUT2D eigenvalue weighted by molar-refractivity contribution is 0.563. The van der Waals surface area contributed by atoms with Crippen LogP contribution in [0.4, 0.5) is 0 Å². The minimum Gasteiger partial charge on any atom is -0.464 e. The van der Waals surface area contributed by atoms with Crippen LogP contribution in [0, 0.1) is 11.3 Å². The maximum absolute atomic E-state index is 8.98. The molecule has 0 fully saturated rings. The van der Waals surface area contributed by atoms with Crippen molar-refractivity contribution in [3.05, 3.63) is 60.4 Å². The summed E-state index contributed by atoms with van der Waals surface area (Å²) in [5.41, 5.74) is 4.22. The first-order valence-corrected chi connectivity index (χ1v) is 5.81. The molecule has 2 heteroatoms. The highest BCUT2D eigenvalue weighted by atomic mass is 16.3. The standard InChI is InChI=1S/C16H11NO/c17-9-8-14-15(12-5-2-1-3-6-12)11-13-7-4-10-18-16(13)14/h1-7,10-11H,8H2. The lowest BCUT2D eigenvalue weighted by atomic mass is 10.0. The highest BCUT2D eigenvalue weighted by molar-refractivity contribution is 5.82. The average molecular weight is 233 g/mol. The summed E-state index contributed by atoms with van der Waals surface area (Å²) in [6.45, 7) is 0. The molecule has 0 saturated heterocycles. The van der Waals surface area contributed by atoms with Crippen molar-refractivity contribution in [1.29, 1.82) is 5.26 Å². The van der Waals surface area contributed by atoms with Crippen LogP contribution in [-0.4, -0.2) is 0 Å². The molecule has 1 aliphatic carbocycles. The van der Waals surface area contributed by atoms with Crippen molar-refractivity contribution in [3.8, 4) is 28.5 Å². The van der Waals surface area contributed by atoms with E-state index in [1.54, 1.807) is 6.26 Å².